The van der Waals surface area contributed by atoms with Crippen LogP contribution in [0.5, 0.6) is 5.75 Å². The first-order valence-corrected chi connectivity index (χ1v) is 10.1. The van der Waals surface area contributed by atoms with Crippen LogP contribution in [-0.4, -0.2) is 38.7 Å². The Morgan fingerprint density at radius 1 is 1.00 bits per heavy atom. The topological polar surface area (TPSA) is 72.6 Å². The first-order valence-electron chi connectivity index (χ1n) is 10.1. The van der Waals surface area contributed by atoms with Gasteiger partial charge in [0.15, 0.2) is 0 Å². The van der Waals surface area contributed by atoms with Crippen LogP contribution < -0.4 is 4.74 Å². The normalized spacial score (nSPS) is 15.8. The molecule has 1 amide bonds. The van der Waals surface area contributed by atoms with Crippen LogP contribution in [0.25, 0.3) is 11.0 Å². The van der Waals surface area contributed by atoms with Gasteiger partial charge < -0.3 is 4.74 Å². The van der Waals surface area contributed by atoms with Crippen LogP contribution in [0, 0.1) is 0 Å². The molecule has 3 aromatic carbocycles. The third-order valence-electron chi connectivity index (χ3n) is 5.48. The van der Waals surface area contributed by atoms with Gasteiger partial charge in [-0.3, -0.25) is 4.79 Å². The van der Waals surface area contributed by atoms with Crippen molar-refractivity contribution in [3.05, 3.63) is 90.0 Å². The summed E-state index contributed by atoms with van der Waals surface area (Å²) in [5, 5.41) is 14.6. The summed E-state index contributed by atoms with van der Waals surface area (Å²) in [6.45, 7) is 0.0727. The van der Waals surface area contributed by atoms with Gasteiger partial charge in [-0.25, -0.2) is 9.69 Å². The largest absolute Gasteiger partial charge is 0.497 e. The average molecular weight is 411 g/mol. The monoisotopic (exact) mass is 411 g/mol. The van der Waals surface area contributed by atoms with E-state index >= 15 is 0 Å². The maximum Gasteiger partial charge on any atom is 0.265 e. The summed E-state index contributed by atoms with van der Waals surface area (Å²) in [5.41, 5.74) is 4.48. The number of nitrogens with zero attached hydrogens (tertiary/aromatic N) is 5. The minimum atomic E-state index is -0.166. The number of para-hydroxylation sites is 1. The van der Waals surface area contributed by atoms with Crippen molar-refractivity contribution in [2.75, 3.05) is 7.11 Å². The summed E-state index contributed by atoms with van der Waals surface area (Å²) in [6.07, 6.45) is 0.639. The van der Waals surface area contributed by atoms with Crippen molar-refractivity contribution in [2.45, 2.75) is 19.0 Å². The van der Waals surface area contributed by atoms with E-state index in [0.29, 0.717) is 6.42 Å². The minimum absolute atomic E-state index is 0.0727. The van der Waals surface area contributed by atoms with Crippen LogP contribution in [0.2, 0.25) is 0 Å². The molecule has 7 heteroatoms. The zero-order chi connectivity index (χ0) is 21.2. The predicted molar refractivity (Wildman–Crippen MR) is 118 cm³/mol. The number of aromatic nitrogens is 3. The summed E-state index contributed by atoms with van der Waals surface area (Å²) in [4.78, 5) is 13.3. The van der Waals surface area contributed by atoms with Gasteiger partial charge in [-0.1, -0.05) is 47.7 Å². The molecule has 4 aromatic rings. The lowest BCUT2D eigenvalue weighted by atomic mass is 9.98. The number of hydrogen-bond acceptors (Lipinski definition) is 5. The molecule has 0 bridgehead atoms. The maximum atomic E-state index is 13.3. The molecule has 1 aromatic heterocycles. The minimum Gasteiger partial charge on any atom is -0.497 e. The van der Waals surface area contributed by atoms with E-state index in [0.717, 1.165) is 33.6 Å². The number of rotatable bonds is 5. The van der Waals surface area contributed by atoms with Gasteiger partial charge in [-0.15, -0.1) is 5.10 Å². The molecular weight excluding hydrogens is 390 g/mol. The number of carbonyl (C=O) groups excluding carboxylic acids is 1. The van der Waals surface area contributed by atoms with E-state index in [4.69, 9.17) is 9.84 Å². The van der Waals surface area contributed by atoms with E-state index in [9.17, 15) is 4.79 Å². The molecule has 2 heterocycles. The Kier molecular flexibility index (Phi) is 4.92. The van der Waals surface area contributed by atoms with Crippen LogP contribution in [-0.2, 0) is 11.3 Å². The Balaban J connectivity index is 1.47. The van der Waals surface area contributed by atoms with Gasteiger partial charge >= 0.3 is 0 Å². The fraction of sp³-hybridized carbons (Fsp3) is 0.167. The molecule has 1 atom stereocenters. The molecule has 0 saturated carbocycles. The number of ether oxygens (including phenoxy) is 1. The van der Waals surface area contributed by atoms with Crippen LogP contribution in [0.4, 0.5) is 0 Å². The van der Waals surface area contributed by atoms with E-state index in [-0.39, 0.29) is 18.5 Å². The van der Waals surface area contributed by atoms with Crippen molar-refractivity contribution in [3.8, 4) is 5.75 Å². The zero-order valence-electron chi connectivity index (χ0n) is 17.0. The summed E-state index contributed by atoms with van der Waals surface area (Å²) in [5.74, 6) is 0.654. The quantitative estimate of drug-likeness (QED) is 0.501. The van der Waals surface area contributed by atoms with Gasteiger partial charge in [0.25, 0.3) is 5.91 Å². The number of hydrazone groups is 1. The standard InChI is InChI=1S/C24H21N5O2/c1-31-19-13-11-17(12-14-19)21-15-23(18-7-3-2-4-8-18)29(26-21)24(30)16-28-22-10-6-5-9-20(22)25-27-28/h2-14,23H,15-16H2,1H3. The third-order valence-corrected chi connectivity index (χ3v) is 5.48. The predicted octanol–water partition coefficient (Wildman–Crippen LogP) is 3.82. The lowest BCUT2D eigenvalue weighted by Crippen LogP contribution is -2.30. The van der Waals surface area contributed by atoms with Crippen molar-refractivity contribution in [1.29, 1.82) is 0 Å². The number of benzene rings is 3. The van der Waals surface area contributed by atoms with E-state index in [1.807, 2.05) is 78.9 Å². The average Bonchev–Trinajstić information content (AvgIpc) is 3.45. The Hall–Kier alpha value is -4.00. The van der Waals surface area contributed by atoms with Crippen molar-refractivity contribution in [3.63, 3.8) is 0 Å². The fourth-order valence-corrected chi connectivity index (χ4v) is 3.87. The second kappa shape index (κ2) is 8.02. The van der Waals surface area contributed by atoms with Crippen molar-refractivity contribution >= 4 is 22.7 Å². The van der Waals surface area contributed by atoms with E-state index in [1.165, 1.54) is 0 Å². The highest BCUT2D eigenvalue weighted by atomic mass is 16.5. The lowest BCUT2D eigenvalue weighted by Gasteiger charge is -2.22. The summed E-state index contributed by atoms with van der Waals surface area (Å²) >= 11 is 0. The highest BCUT2D eigenvalue weighted by Gasteiger charge is 2.33. The highest BCUT2D eigenvalue weighted by Crippen LogP contribution is 2.33. The molecule has 0 N–H and O–H groups in total. The molecule has 154 valence electrons. The molecule has 0 radical (unpaired) electrons. The van der Waals surface area contributed by atoms with Gasteiger partial charge in [0.05, 0.1) is 24.4 Å². The second-order valence-electron chi connectivity index (χ2n) is 7.38. The van der Waals surface area contributed by atoms with Gasteiger partial charge in [0.2, 0.25) is 0 Å². The van der Waals surface area contributed by atoms with Gasteiger partial charge in [0, 0.05) is 6.42 Å². The van der Waals surface area contributed by atoms with E-state index in [1.54, 1.807) is 16.8 Å². The molecule has 5 rings (SSSR count). The highest BCUT2D eigenvalue weighted by molar-refractivity contribution is 6.03. The zero-order valence-corrected chi connectivity index (χ0v) is 17.0. The van der Waals surface area contributed by atoms with Gasteiger partial charge in [0.1, 0.15) is 17.8 Å². The number of methoxy groups -OCH3 is 1. The Bertz CT molecular complexity index is 1250. The summed E-state index contributed by atoms with van der Waals surface area (Å²) in [7, 11) is 1.64. The van der Waals surface area contributed by atoms with Crippen LogP contribution in [0.3, 0.4) is 0 Å². The number of fused-ring (bicyclic) bond motifs is 1. The van der Waals surface area contributed by atoms with Crippen molar-refractivity contribution < 1.29 is 9.53 Å². The Labute approximate surface area is 179 Å². The molecule has 31 heavy (non-hydrogen) atoms. The third kappa shape index (κ3) is 3.66. The molecule has 1 aliphatic rings. The van der Waals surface area contributed by atoms with Crippen LogP contribution >= 0.6 is 0 Å². The number of carbonyl (C=O) groups is 1. The Morgan fingerprint density at radius 3 is 2.52 bits per heavy atom. The first-order chi connectivity index (χ1) is 15.2. The van der Waals surface area contributed by atoms with Crippen LogP contribution in [0.1, 0.15) is 23.6 Å². The van der Waals surface area contributed by atoms with E-state index in [2.05, 4.69) is 10.3 Å². The Morgan fingerprint density at radius 2 is 1.74 bits per heavy atom. The molecule has 0 spiro atoms. The summed E-state index contributed by atoms with van der Waals surface area (Å²) < 4.78 is 6.88. The molecule has 1 aliphatic heterocycles. The second-order valence-corrected chi connectivity index (χ2v) is 7.38. The van der Waals surface area contributed by atoms with Crippen LogP contribution in [0.15, 0.2) is 84.0 Å². The number of amides is 1. The first kappa shape index (κ1) is 19.0. The maximum absolute atomic E-state index is 13.3. The molecule has 0 aliphatic carbocycles. The summed E-state index contributed by atoms with van der Waals surface area (Å²) in [6, 6.07) is 25.2. The van der Waals surface area contributed by atoms with Gasteiger partial charge in [-0.05, 0) is 47.5 Å². The van der Waals surface area contributed by atoms with Crippen molar-refractivity contribution in [1.82, 2.24) is 20.0 Å². The molecule has 0 saturated heterocycles. The van der Waals surface area contributed by atoms with Gasteiger partial charge in [-0.2, -0.15) is 5.10 Å². The fourth-order valence-electron chi connectivity index (χ4n) is 3.87. The van der Waals surface area contributed by atoms with Crippen molar-refractivity contribution in [2.24, 2.45) is 5.10 Å². The number of hydrogen-bond donors (Lipinski definition) is 0. The smallest absolute Gasteiger partial charge is 0.265 e. The molecule has 0 fully saturated rings. The molecule has 7 nitrogen and oxygen atoms in total. The SMILES string of the molecule is COc1ccc(C2=NN(C(=O)Cn3nnc4ccccc43)C(c3ccccc3)C2)cc1. The van der Waals surface area contributed by atoms with E-state index < -0.39 is 0 Å². The molecular formula is C24H21N5O2. The molecule has 1 unspecified atom stereocenters. The lowest BCUT2D eigenvalue weighted by molar-refractivity contribution is -0.133.